The van der Waals surface area contributed by atoms with E-state index in [0.717, 1.165) is 11.3 Å². The number of rotatable bonds is 4. The van der Waals surface area contributed by atoms with Gasteiger partial charge in [-0.1, -0.05) is 35.5 Å². The van der Waals surface area contributed by atoms with E-state index in [-0.39, 0.29) is 6.61 Å². The topological polar surface area (TPSA) is 75.8 Å². The molecule has 0 amide bonds. The molecule has 0 radical (unpaired) electrons. The van der Waals surface area contributed by atoms with Crippen LogP contribution in [0, 0.1) is 0 Å². The van der Waals surface area contributed by atoms with Crippen molar-refractivity contribution in [3.63, 3.8) is 0 Å². The summed E-state index contributed by atoms with van der Waals surface area (Å²) in [4.78, 5) is 13.0. The van der Waals surface area contributed by atoms with E-state index in [2.05, 4.69) is 5.16 Å². The van der Waals surface area contributed by atoms with Crippen LogP contribution >= 0.6 is 0 Å². The molecule has 6 nitrogen and oxygen atoms in total. The normalized spacial score (nSPS) is 19.5. The van der Waals surface area contributed by atoms with Crippen LogP contribution in [0.5, 0.6) is 0 Å². The average molecular weight is 288 g/mol. The molecule has 21 heavy (non-hydrogen) atoms. The average Bonchev–Trinajstić information content (AvgIpc) is 2.97. The third-order valence-electron chi connectivity index (χ3n) is 3.51. The molecule has 1 N–H and O–H groups in total. The first-order chi connectivity index (χ1) is 10.2. The highest BCUT2D eigenvalue weighted by Gasteiger charge is 2.30. The molecule has 1 unspecified atom stereocenters. The van der Waals surface area contributed by atoms with Crippen LogP contribution < -0.4 is 0 Å². The molecular formula is C15H16N2O4. The minimum absolute atomic E-state index is 0.203. The summed E-state index contributed by atoms with van der Waals surface area (Å²) in [6, 6.07) is 10.9. The van der Waals surface area contributed by atoms with E-state index in [1.807, 2.05) is 41.3 Å². The van der Waals surface area contributed by atoms with Gasteiger partial charge in [-0.25, -0.2) is 0 Å². The van der Waals surface area contributed by atoms with Crippen molar-refractivity contribution in [1.29, 1.82) is 0 Å². The van der Waals surface area contributed by atoms with Gasteiger partial charge in [-0.05, 0) is 0 Å². The third-order valence-corrected chi connectivity index (χ3v) is 3.51. The highest BCUT2D eigenvalue weighted by molar-refractivity contribution is 5.73. The second-order valence-corrected chi connectivity index (χ2v) is 4.94. The molecule has 2 heterocycles. The SMILES string of the molecule is O=C(O)C1COCCN1Cc1cc(-c2ccccc2)no1. The Kier molecular flexibility index (Phi) is 3.98. The molecule has 0 spiro atoms. The summed E-state index contributed by atoms with van der Waals surface area (Å²) in [5.74, 6) is -0.223. The number of morpholine rings is 1. The highest BCUT2D eigenvalue weighted by Crippen LogP contribution is 2.20. The summed E-state index contributed by atoms with van der Waals surface area (Å²) < 4.78 is 10.5. The first-order valence-corrected chi connectivity index (χ1v) is 6.79. The number of hydrogen-bond donors (Lipinski definition) is 1. The van der Waals surface area contributed by atoms with Crippen LogP contribution in [-0.2, 0) is 16.1 Å². The molecule has 1 saturated heterocycles. The molecular weight excluding hydrogens is 272 g/mol. The van der Waals surface area contributed by atoms with Gasteiger partial charge in [0.1, 0.15) is 11.7 Å². The Balaban J connectivity index is 1.73. The predicted octanol–water partition coefficient (Wildman–Crippen LogP) is 1.63. The van der Waals surface area contributed by atoms with Gasteiger partial charge in [-0.3, -0.25) is 9.69 Å². The first-order valence-electron chi connectivity index (χ1n) is 6.79. The molecule has 1 fully saturated rings. The Labute approximate surface area is 121 Å². The zero-order chi connectivity index (χ0) is 14.7. The molecule has 0 aliphatic carbocycles. The van der Waals surface area contributed by atoms with Crippen LogP contribution in [0.15, 0.2) is 40.9 Å². The van der Waals surface area contributed by atoms with Crippen molar-refractivity contribution >= 4 is 5.97 Å². The lowest BCUT2D eigenvalue weighted by Crippen LogP contribution is -2.49. The molecule has 1 aromatic carbocycles. The minimum atomic E-state index is -0.877. The van der Waals surface area contributed by atoms with Crippen molar-refractivity contribution in [3.05, 3.63) is 42.2 Å². The van der Waals surface area contributed by atoms with Gasteiger partial charge in [-0.15, -0.1) is 0 Å². The minimum Gasteiger partial charge on any atom is -0.480 e. The van der Waals surface area contributed by atoms with Gasteiger partial charge in [0, 0.05) is 18.2 Å². The van der Waals surface area contributed by atoms with E-state index in [0.29, 0.717) is 25.5 Å². The zero-order valence-corrected chi connectivity index (χ0v) is 11.4. The quantitative estimate of drug-likeness (QED) is 0.921. The van der Waals surface area contributed by atoms with E-state index in [1.54, 1.807) is 0 Å². The molecule has 1 aromatic heterocycles. The van der Waals surface area contributed by atoms with E-state index in [1.165, 1.54) is 0 Å². The summed E-state index contributed by atoms with van der Waals surface area (Å²) in [7, 11) is 0. The number of carbonyl (C=O) groups is 1. The summed E-state index contributed by atoms with van der Waals surface area (Å²) in [5, 5.41) is 13.2. The van der Waals surface area contributed by atoms with Crippen LogP contribution in [0.1, 0.15) is 5.76 Å². The standard InChI is InChI=1S/C15H16N2O4/c18-15(19)14-10-20-7-6-17(14)9-12-8-13(16-21-12)11-4-2-1-3-5-11/h1-5,8,14H,6-7,9-10H2,(H,18,19). The molecule has 0 bridgehead atoms. The summed E-state index contributed by atoms with van der Waals surface area (Å²) in [5.41, 5.74) is 1.73. The molecule has 1 aliphatic heterocycles. The second kappa shape index (κ2) is 6.07. The maximum absolute atomic E-state index is 11.2. The van der Waals surface area contributed by atoms with Crippen molar-refractivity contribution in [2.75, 3.05) is 19.8 Å². The number of aromatic nitrogens is 1. The van der Waals surface area contributed by atoms with E-state index >= 15 is 0 Å². The van der Waals surface area contributed by atoms with Crippen molar-refractivity contribution in [2.45, 2.75) is 12.6 Å². The maximum Gasteiger partial charge on any atom is 0.323 e. The van der Waals surface area contributed by atoms with Crippen molar-refractivity contribution in [1.82, 2.24) is 10.1 Å². The number of nitrogens with zero attached hydrogens (tertiary/aromatic N) is 2. The van der Waals surface area contributed by atoms with Crippen molar-refractivity contribution in [2.24, 2.45) is 0 Å². The van der Waals surface area contributed by atoms with Crippen LogP contribution in [0.2, 0.25) is 0 Å². The van der Waals surface area contributed by atoms with Gasteiger partial charge in [0.15, 0.2) is 5.76 Å². The van der Waals surface area contributed by atoms with Crippen molar-refractivity contribution < 1.29 is 19.2 Å². The summed E-state index contributed by atoms with van der Waals surface area (Å²) in [6.07, 6.45) is 0. The molecule has 6 heteroatoms. The Hall–Kier alpha value is -2.18. The monoisotopic (exact) mass is 288 g/mol. The molecule has 2 aromatic rings. The molecule has 3 rings (SSSR count). The Morgan fingerprint density at radius 1 is 1.38 bits per heavy atom. The molecule has 110 valence electrons. The van der Waals surface area contributed by atoms with Gasteiger partial charge >= 0.3 is 5.97 Å². The lowest BCUT2D eigenvalue weighted by Gasteiger charge is -2.31. The van der Waals surface area contributed by atoms with Gasteiger partial charge in [0.25, 0.3) is 0 Å². The first kappa shape index (κ1) is 13.8. The number of aliphatic carboxylic acids is 1. The van der Waals surface area contributed by atoms with Gasteiger partial charge in [0.05, 0.1) is 19.8 Å². The predicted molar refractivity (Wildman–Crippen MR) is 74.6 cm³/mol. The van der Waals surface area contributed by atoms with Crippen LogP contribution in [0.25, 0.3) is 11.3 Å². The summed E-state index contributed by atoms with van der Waals surface area (Å²) in [6.45, 7) is 1.72. The number of hydrogen-bond acceptors (Lipinski definition) is 5. The number of carboxylic acid groups (broad SMARTS) is 1. The number of benzene rings is 1. The van der Waals surface area contributed by atoms with Crippen LogP contribution in [-0.4, -0.2) is 46.9 Å². The van der Waals surface area contributed by atoms with Gasteiger partial charge < -0.3 is 14.4 Å². The Morgan fingerprint density at radius 3 is 2.95 bits per heavy atom. The Morgan fingerprint density at radius 2 is 2.19 bits per heavy atom. The highest BCUT2D eigenvalue weighted by atomic mass is 16.5. The largest absolute Gasteiger partial charge is 0.480 e. The lowest BCUT2D eigenvalue weighted by molar-refractivity contribution is -0.150. The molecule has 1 aliphatic rings. The smallest absolute Gasteiger partial charge is 0.323 e. The molecule has 1 atom stereocenters. The summed E-state index contributed by atoms with van der Waals surface area (Å²) >= 11 is 0. The fourth-order valence-corrected chi connectivity index (χ4v) is 2.39. The van der Waals surface area contributed by atoms with E-state index < -0.39 is 12.0 Å². The third kappa shape index (κ3) is 3.12. The fourth-order valence-electron chi connectivity index (χ4n) is 2.39. The number of carboxylic acids is 1. The zero-order valence-electron chi connectivity index (χ0n) is 11.4. The maximum atomic E-state index is 11.2. The van der Waals surface area contributed by atoms with E-state index in [9.17, 15) is 9.90 Å². The lowest BCUT2D eigenvalue weighted by atomic mass is 10.1. The van der Waals surface area contributed by atoms with E-state index in [4.69, 9.17) is 9.26 Å². The Bertz CT molecular complexity index is 611. The second-order valence-electron chi connectivity index (χ2n) is 4.94. The van der Waals surface area contributed by atoms with Crippen LogP contribution in [0.3, 0.4) is 0 Å². The fraction of sp³-hybridized carbons (Fsp3) is 0.333. The number of ether oxygens (including phenoxy) is 1. The van der Waals surface area contributed by atoms with Gasteiger partial charge in [-0.2, -0.15) is 0 Å². The van der Waals surface area contributed by atoms with Crippen molar-refractivity contribution in [3.8, 4) is 11.3 Å². The van der Waals surface area contributed by atoms with Crippen LogP contribution in [0.4, 0.5) is 0 Å². The van der Waals surface area contributed by atoms with Gasteiger partial charge in [0.2, 0.25) is 0 Å². The molecule has 0 saturated carbocycles.